The molecule has 10 heteroatoms. The fourth-order valence-corrected chi connectivity index (χ4v) is 4.75. The van der Waals surface area contributed by atoms with Crippen LogP contribution < -0.4 is 16.0 Å². The maximum atomic E-state index is 12.8. The molecule has 1 amide bonds. The molecule has 0 unspecified atom stereocenters. The van der Waals surface area contributed by atoms with Crippen molar-refractivity contribution in [2.45, 2.75) is 51.3 Å². The number of carbonyl (C=O) groups excluding carboxylic acids is 1. The summed E-state index contributed by atoms with van der Waals surface area (Å²) in [5, 5.41) is 11.8. The summed E-state index contributed by atoms with van der Waals surface area (Å²) in [6, 6.07) is 8.56. The van der Waals surface area contributed by atoms with E-state index in [1.165, 1.54) is 5.56 Å². The number of morpholine rings is 1. The molecule has 2 atom stereocenters. The number of piperidine rings is 1. The van der Waals surface area contributed by atoms with Gasteiger partial charge >= 0.3 is 0 Å². The zero-order valence-electron chi connectivity index (χ0n) is 19.3. The Balaban J connectivity index is 1.44. The second kappa shape index (κ2) is 10.7. The van der Waals surface area contributed by atoms with Crippen molar-refractivity contribution in [1.82, 2.24) is 25.4 Å². The van der Waals surface area contributed by atoms with Crippen LogP contribution in [0, 0.1) is 5.92 Å². The second-order valence-corrected chi connectivity index (χ2v) is 9.83. The van der Waals surface area contributed by atoms with E-state index >= 15 is 0 Å². The van der Waals surface area contributed by atoms with Crippen molar-refractivity contribution in [2.75, 3.05) is 43.4 Å². The number of nitrogens with zero attached hydrogens (tertiary/aromatic N) is 4. The summed E-state index contributed by atoms with van der Waals surface area (Å²) in [5.74, 6) is 1.43. The number of halogens is 1. The highest BCUT2D eigenvalue weighted by Crippen LogP contribution is 2.27. The Bertz CT molecular complexity index is 912. The van der Waals surface area contributed by atoms with Crippen LogP contribution >= 0.6 is 11.6 Å². The minimum atomic E-state index is -0.447. The Morgan fingerprint density at radius 2 is 2.00 bits per heavy atom. The Hall–Kier alpha value is -2.36. The zero-order chi connectivity index (χ0) is 23.4. The number of nitrogen functional groups attached to an aromatic ring is 1. The highest BCUT2D eigenvalue weighted by molar-refractivity contribution is 6.30. The van der Waals surface area contributed by atoms with Gasteiger partial charge in [-0.3, -0.25) is 14.7 Å². The van der Waals surface area contributed by atoms with Gasteiger partial charge in [0, 0.05) is 43.3 Å². The van der Waals surface area contributed by atoms with Crippen molar-refractivity contribution >= 4 is 29.4 Å². The summed E-state index contributed by atoms with van der Waals surface area (Å²) in [6.45, 7) is 7.68. The van der Waals surface area contributed by atoms with Crippen LogP contribution in [0.25, 0.3) is 0 Å². The van der Waals surface area contributed by atoms with E-state index in [0.29, 0.717) is 37.6 Å². The van der Waals surface area contributed by atoms with Gasteiger partial charge in [0.25, 0.3) is 0 Å². The Kier molecular flexibility index (Phi) is 7.72. The van der Waals surface area contributed by atoms with Gasteiger partial charge in [0.15, 0.2) is 0 Å². The lowest BCUT2D eigenvalue weighted by Crippen LogP contribution is -2.60. The van der Waals surface area contributed by atoms with Gasteiger partial charge in [0.05, 0.1) is 6.61 Å². The SMILES string of the molecule is CC(C)CNC(=O)[C@H]1CN(C2CCN(c3nnc(N)[nH]3)CC2)[C@@H](Cc2ccc(Cl)cc2)CO1. The zero-order valence-corrected chi connectivity index (χ0v) is 20.1. The third-order valence-electron chi connectivity index (χ3n) is 6.42. The maximum absolute atomic E-state index is 12.8. The highest BCUT2D eigenvalue weighted by Gasteiger charge is 2.38. The minimum Gasteiger partial charge on any atom is -0.368 e. The summed E-state index contributed by atoms with van der Waals surface area (Å²) in [5.41, 5.74) is 6.91. The molecule has 4 N–H and O–H groups in total. The number of aromatic amines is 1. The minimum absolute atomic E-state index is 0.0202. The molecule has 3 heterocycles. The van der Waals surface area contributed by atoms with Crippen molar-refractivity contribution in [3.05, 3.63) is 34.9 Å². The van der Waals surface area contributed by atoms with Gasteiger partial charge in [-0.15, -0.1) is 10.2 Å². The quantitative estimate of drug-likeness (QED) is 0.562. The van der Waals surface area contributed by atoms with Crippen LogP contribution in [0.1, 0.15) is 32.3 Å². The first-order valence-corrected chi connectivity index (χ1v) is 12.1. The van der Waals surface area contributed by atoms with E-state index in [1.807, 2.05) is 12.1 Å². The van der Waals surface area contributed by atoms with E-state index in [4.69, 9.17) is 22.1 Å². The van der Waals surface area contributed by atoms with E-state index in [9.17, 15) is 4.79 Å². The molecule has 33 heavy (non-hydrogen) atoms. The fourth-order valence-electron chi connectivity index (χ4n) is 4.63. The number of rotatable bonds is 7. The molecule has 0 radical (unpaired) electrons. The van der Waals surface area contributed by atoms with Crippen molar-refractivity contribution < 1.29 is 9.53 Å². The number of amides is 1. The number of hydrogen-bond donors (Lipinski definition) is 3. The van der Waals surface area contributed by atoms with Crippen LogP contribution in [0.3, 0.4) is 0 Å². The predicted molar refractivity (Wildman–Crippen MR) is 129 cm³/mol. The van der Waals surface area contributed by atoms with Crippen molar-refractivity contribution in [3.63, 3.8) is 0 Å². The molecule has 2 fully saturated rings. The van der Waals surface area contributed by atoms with Gasteiger partial charge < -0.3 is 20.7 Å². The Morgan fingerprint density at radius 1 is 1.27 bits per heavy atom. The van der Waals surface area contributed by atoms with Crippen LogP contribution in [0.2, 0.25) is 5.02 Å². The molecule has 0 spiro atoms. The van der Waals surface area contributed by atoms with Crippen LogP contribution in [0.5, 0.6) is 0 Å². The Morgan fingerprint density at radius 3 is 2.64 bits per heavy atom. The standard InChI is InChI=1S/C23H34ClN7O2/c1-15(2)12-26-21(32)20-13-31(19(14-33-20)11-16-3-5-17(24)6-4-16)18-7-9-30(10-8-18)23-27-22(25)28-29-23/h3-6,15,18-20H,7-14H2,1-2H3,(H,26,32)(H3,25,27,28,29)/t19-,20+/m0/s1. The first-order chi connectivity index (χ1) is 15.9. The normalized spacial score (nSPS) is 22.6. The van der Waals surface area contributed by atoms with Gasteiger partial charge in [-0.1, -0.05) is 37.6 Å². The molecular weight excluding hydrogens is 442 g/mol. The fraction of sp³-hybridized carbons (Fsp3) is 0.609. The topological polar surface area (TPSA) is 112 Å². The number of H-pyrrole nitrogens is 1. The molecule has 2 saturated heterocycles. The first kappa shape index (κ1) is 23.8. The van der Waals surface area contributed by atoms with E-state index in [2.05, 4.69) is 56.3 Å². The average molecular weight is 476 g/mol. The smallest absolute Gasteiger partial charge is 0.250 e. The second-order valence-electron chi connectivity index (χ2n) is 9.39. The molecule has 9 nitrogen and oxygen atoms in total. The van der Waals surface area contributed by atoms with Gasteiger partial charge in [-0.25, -0.2) is 0 Å². The molecular formula is C23H34ClN7O2. The number of nitrogens with one attached hydrogen (secondary N) is 2. The highest BCUT2D eigenvalue weighted by atomic mass is 35.5. The molecule has 0 saturated carbocycles. The number of nitrogens with two attached hydrogens (primary N) is 1. The summed E-state index contributed by atoms with van der Waals surface area (Å²) in [4.78, 5) is 20.4. The maximum Gasteiger partial charge on any atom is 0.250 e. The number of benzene rings is 1. The van der Waals surface area contributed by atoms with E-state index in [0.717, 1.165) is 43.3 Å². The average Bonchev–Trinajstić information content (AvgIpc) is 3.25. The third-order valence-corrected chi connectivity index (χ3v) is 6.67. The van der Waals surface area contributed by atoms with Crippen molar-refractivity contribution in [1.29, 1.82) is 0 Å². The monoisotopic (exact) mass is 475 g/mol. The lowest BCUT2D eigenvalue weighted by atomic mass is 9.96. The van der Waals surface area contributed by atoms with Gasteiger partial charge in [-0.2, -0.15) is 0 Å². The third kappa shape index (κ3) is 6.16. The lowest BCUT2D eigenvalue weighted by molar-refractivity contribution is -0.145. The molecule has 2 aromatic rings. The largest absolute Gasteiger partial charge is 0.368 e. The summed E-state index contributed by atoms with van der Waals surface area (Å²) in [6.07, 6.45) is 2.35. The number of carbonyl (C=O) groups is 1. The number of anilines is 2. The van der Waals surface area contributed by atoms with Crippen LogP contribution in [-0.2, 0) is 16.0 Å². The summed E-state index contributed by atoms with van der Waals surface area (Å²) in [7, 11) is 0. The number of aromatic nitrogens is 3. The molecule has 0 bridgehead atoms. The van der Waals surface area contributed by atoms with Crippen LogP contribution in [0.15, 0.2) is 24.3 Å². The Labute approximate surface area is 200 Å². The van der Waals surface area contributed by atoms with Gasteiger partial charge in [-0.05, 0) is 42.9 Å². The molecule has 1 aromatic heterocycles. The lowest BCUT2D eigenvalue weighted by Gasteiger charge is -2.46. The van der Waals surface area contributed by atoms with Crippen LogP contribution in [0.4, 0.5) is 11.9 Å². The van der Waals surface area contributed by atoms with Gasteiger partial charge in [0.2, 0.25) is 17.8 Å². The van der Waals surface area contributed by atoms with E-state index in [-0.39, 0.29) is 11.9 Å². The molecule has 4 rings (SSSR count). The molecule has 2 aliphatic rings. The summed E-state index contributed by atoms with van der Waals surface area (Å²) < 4.78 is 6.07. The van der Waals surface area contributed by atoms with Crippen molar-refractivity contribution in [3.8, 4) is 0 Å². The summed E-state index contributed by atoms with van der Waals surface area (Å²) >= 11 is 6.07. The number of ether oxygens (including phenoxy) is 1. The van der Waals surface area contributed by atoms with E-state index < -0.39 is 6.10 Å². The molecule has 180 valence electrons. The predicted octanol–water partition coefficient (Wildman–Crippen LogP) is 2.09. The molecule has 1 aromatic carbocycles. The molecule has 2 aliphatic heterocycles. The van der Waals surface area contributed by atoms with E-state index in [1.54, 1.807) is 0 Å². The number of hydrogen-bond acceptors (Lipinski definition) is 7. The van der Waals surface area contributed by atoms with Crippen LogP contribution in [-0.4, -0.2) is 77.0 Å². The first-order valence-electron chi connectivity index (χ1n) is 11.7. The van der Waals surface area contributed by atoms with Crippen molar-refractivity contribution in [2.24, 2.45) is 5.92 Å². The molecule has 0 aliphatic carbocycles. The van der Waals surface area contributed by atoms with Gasteiger partial charge in [0.1, 0.15) is 6.10 Å².